The molecule has 0 atom stereocenters. The van der Waals surface area contributed by atoms with Crippen molar-refractivity contribution in [2.24, 2.45) is 5.10 Å². The van der Waals surface area contributed by atoms with Gasteiger partial charge in [0.2, 0.25) is 0 Å². The van der Waals surface area contributed by atoms with E-state index in [0.29, 0.717) is 5.02 Å². The van der Waals surface area contributed by atoms with E-state index in [2.05, 4.69) is 10.5 Å². The second kappa shape index (κ2) is 7.79. The summed E-state index contributed by atoms with van der Waals surface area (Å²) in [5, 5.41) is 4.46. The van der Waals surface area contributed by atoms with Gasteiger partial charge in [-0.05, 0) is 43.5 Å². The van der Waals surface area contributed by atoms with Crippen LogP contribution in [0.4, 0.5) is 0 Å². The minimum atomic E-state index is -0.325. The Hall–Kier alpha value is -2.33. The molecule has 1 amide bonds. The molecule has 0 bridgehead atoms. The first kappa shape index (κ1) is 17.0. The van der Waals surface area contributed by atoms with Crippen LogP contribution in [-0.4, -0.2) is 18.7 Å². The Labute approximate surface area is 141 Å². The second-order valence-electron chi connectivity index (χ2n) is 5.26. The molecule has 0 aliphatic carbocycles. The quantitative estimate of drug-likeness (QED) is 0.669. The molecule has 4 nitrogen and oxygen atoms in total. The van der Waals surface area contributed by atoms with E-state index in [0.717, 1.165) is 28.0 Å². The first-order valence-corrected chi connectivity index (χ1v) is 7.63. The number of halogens is 1. The molecule has 0 aliphatic heterocycles. The molecule has 2 aromatic rings. The molecule has 1 N–H and O–H groups in total. The number of nitrogens with one attached hydrogen (secondary N) is 1. The molecule has 0 heterocycles. The topological polar surface area (TPSA) is 50.7 Å². The van der Waals surface area contributed by atoms with Crippen molar-refractivity contribution in [3.63, 3.8) is 0 Å². The predicted molar refractivity (Wildman–Crippen MR) is 93.3 cm³/mol. The lowest BCUT2D eigenvalue weighted by Crippen LogP contribution is -2.25. The van der Waals surface area contributed by atoms with Gasteiger partial charge in [0, 0.05) is 10.6 Å². The minimum absolute atomic E-state index is 0.0923. The van der Waals surface area contributed by atoms with Crippen molar-refractivity contribution < 1.29 is 9.53 Å². The van der Waals surface area contributed by atoms with Crippen LogP contribution in [0.3, 0.4) is 0 Å². The van der Waals surface area contributed by atoms with Crippen molar-refractivity contribution in [1.29, 1.82) is 0 Å². The Kier molecular flexibility index (Phi) is 5.77. The number of benzene rings is 2. The molecular formula is C18H19ClN2O2. The fourth-order valence-electron chi connectivity index (χ4n) is 2.07. The van der Waals surface area contributed by atoms with Gasteiger partial charge in [-0.3, -0.25) is 4.79 Å². The van der Waals surface area contributed by atoms with Gasteiger partial charge in [0.1, 0.15) is 5.75 Å². The van der Waals surface area contributed by atoms with Crippen LogP contribution < -0.4 is 10.2 Å². The zero-order valence-electron chi connectivity index (χ0n) is 13.4. The summed E-state index contributed by atoms with van der Waals surface area (Å²) in [5.74, 6) is 0.420. The molecule has 0 unspecified atom stereocenters. The predicted octanol–water partition coefficient (Wildman–Crippen LogP) is 3.79. The van der Waals surface area contributed by atoms with Crippen LogP contribution >= 0.6 is 11.6 Å². The molecule has 0 fully saturated rings. The number of carbonyl (C=O) groups is 1. The Bertz CT molecular complexity index is 742. The normalized spacial score (nSPS) is 10.8. The van der Waals surface area contributed by atoms with Gasteiger partial charge >= 0.3 is 0 Å². The highest BCUT2D eigenvalue weighted by atomic mass is 35.5. The number of aryl methyl sites for hydroxylation is 2. The lowest BCUT2D eigenvalue weighted by Gasteiger charge is -2.13. The molecule has 5 heteroatoms. The van der Waals surface area contributed by atoms with Crippen molar-refractivity contribution in [3.8, 4) is 5.75 Å². The highest BCUT2D eigenvalue weighted by Gasteiger charge is 2.08. The van der Waals surface area contributed by atoms with Gasteiger partial charge in [0.15, 0.2) is 6.61 Å². The summed E-state index contributed by atoms with van der Waals surface area (Å²) in [4.78, 5) is 11.8. The third-order valence-corrected chi connectivity index (χ3v) is 3.86. The molecule has 0 saturated carbocycles. The van der Waals surface area contributed by atoms with Crippen LogP contribution in [0.25, 0.3) is 0 Å². The number of nitrogens with zero attached hydrogens (tertiary/aromatic N) is 1. The van der Waals surface area contributed by atoms with Crippen LogP contribution in [0.15, 0.2) is 41.5 Å². The standard InChI is InChI=1S/C18H19ClN2O2/c1-12-8-9-13(2)18(14(12)3)23-11-17(22)21-20-10-15-6-4-5-7-16(15)19/h4-10H,11H2,1-3H3,(H,21,22)/b20-10-. The van der Waals surface area contributed by atoms with Crippen LogP contribution in [0.1, 0.15) is 22.3 Å². The highest BCUT2D eigenvalue weighted by Crippen LogP contribution is 2.25. The number of amides is 1. The van der Waals surface area contributed by atoms with Gasteiger partial charge in [-0.15, -0.1) is 0 Å². The fourth-order valence-corrected chi connectivity index (χ4v) is 2.26. The second-order valence-corrected chi connectivity index (χ2v) is 5.66. The average molecular weight is 331 g/mol. The Morgan fingerprint density at radius 3 is 2.61 bits per heavy atom. The van der Waals surface area contributed by atoms with Crippen molar-refractivity contribution in [1.82, 2.24) is 5.43 Å². The Morgan fingerprint density at radius 2 is 1.87 bits per heavy atom. The summed E-state index contributed by atoms with van der Waals surface area (Å²) in [6, 6.07) is 11.3. The number of hydrazone groups is 1. The Balaban J connectivity index is 1.91. The molecule has 0 spiro atoms. The van der Waals surface area contributed by atoms with Crippen molar-refractivity contribution in [2.45, 2.75) is 20.8 Å². The average Bonchev–Trinajstić information content (AvgIpc) is 2.53. The van der Waals surface area contributed by atoms with Crippen molar-refractivity contribution >= 4 is 23.7 Å². The smallest absolute Gasteiger partial charge is 0.277 e. The number of carbonyl (C=O) groups excluding carboxylic acids is 1. The van der Waals surface area contributed by atoms with Gasteiger partial charge in [0.05, 0.1) is 6.21 Å². The number of rotatable bonds is 5. The first-order valence-electron chi connectivity index (χ1n) is 7.25. The van der Waals surface area contributed by atoms with E-state index in [1.54, 1.807) is 6.07 Å². The largest absolute Gasteiger partial charge is 0.483 e. The maximum atomic E-state index is 11.8. The van der Waals surface area contributed by atoms with Gasteiger partial charge in [-0.25, -0.2) is 5.43 Å². The van der Waals surface area contributed by atoms with E-state index in [-0.39, 0.29) is 12.5 Å². The van der Waals surface area contributed by atoms with Crippen molar-refractivity contribution in [2.75, 3.05) is 6.61 Å². The molecule has 0 aromatic heterocycles. The van der Waals surface area contributed by atoms with E-state index in [1.165, 1.54) is 6.21 Å². The molecular weight excluding hydrogens is 312 g/mol. The van der Waals surface area contributed by atoms with Crippen LogP contribution in [0.2, 0.25) is 5.02 Å². The zero-order chi connectivity index (χ0) is 16.8. The van der Waals surface area contributed by atoms with Crippen molar-refractivity contribution in [3.05, 3.63) is 63.7 Å². The van der Waals surface area contributed by atoms with Crippen LogP contribution in [0, 0.1) is 20.8 Å². The number of hydrogen-bond donors (Lipinski definition) is 1. The lowest BCUT2D eigenvalue weighted by atomic mass is 10.1. The summed E-state index contributed by atoms with van der Waals surface area (Å²) in [5.41, 5.74) is 6.33. The fraction of sp³-hybridized carbons (Fsp3) is 0.222. The molecule has 0 aliphatic rings. The third-order valence-electron chi connectivity index (χ3n) is 3.52. The van der Waals surface area contributed by atoms with Gasteiger partial charge in [-0.2, -0.15) is 5.10 Å². The van der Waals surface area contributed by atoms with Gasteiger partial charge < -0.3 is 4.74 Å². The molecule has 2 rings (SSSR count). The summed E-state index contributed by atoms with van der Waals surface area (Å²) >= 11 is 6.00. The molecule has 0 radical (unpaired) electrons. The highest BCUT2D eigenvalue weighted by molar-refractivity contribution is 6.33. The maximum Gasteiger partial charge on any atom is 0.277 e. The Morgan fingerprint density at radius 1 is 1.17 bits per heavy atom. The van der Waals surface area contributed by atoms with E-state index < -0.39 is 0 Å². The molecule has 0 saturated heterocycles. The number of hydrogen-bond acceptors (Lipinski definition) is 3. The van der Waals surface area contributed by atoms with Gasteiger partial charge in [0.25, 0.3) is 5.91 Å². The molecule has 120 valence electrons. The summed E-state index contributed by atoms with van der Waals surface area (Å²) < 4.78 is 5.62. The minimum Gasteiger partial charge on any atom is -0.483 e. The molecule has 2 aromatic carbocycles. The van der Waals surface area contributed by atoms with E-state index >= 15 is 0 Å². The summed E-state index contributed by atoms with van der Waals surface area (Å²) in [6.07, 6.45) is 1.50. The van der Waals surface area contributed by atoms with Crippen LogP contribution in [-0.2, 0) is 4.79 Å². The van der Waals surface area contributed by atoms with Gasteiger partial charge in [-0.1, -0.05) is 41.9 Å². The summed E-state index contributed by atoms with van der Waals surface area (Å²) in [7, 11) is 0. The van der Waals surface area contributed by atoms with E-state index in [1.807, 2.05) is 51.1 Å². The molecule has 23 heavy (non-hydrogen) atoms. The first-order chi connectivity index (χ1) is 11.0. The SMILES string of the molecule is Cc1ccc(C)c(OCC(=O)N/N=C\c2ccccc2Cl)c1C. The van der Waals surface area contributed by atoms with E-state index in [9.17, 15) is 4.79 Å². The van der Waals surface area contributed by atoms with E-state index in [4.69, 9.17) is 16.3 Å². The third kappa shape index (κ3) is 4.57. The zero-order valence-corrected chi connectivity index (χ0v) is 14.1. The monoisotopic (exact) mass is 330 g/mol. The summed E-state index contributed by atoms with van der Waals surface area (Å²) in [6.45, 7) is 5.85. The lowest BCUT2D eigenvalue weighted by molar-refractivity contribution is -0.123. The maximum absolute atomic E-state index is 11.8. The number of ether oxygens (including phenoxy) is 1. The van der Waals surface area contributed by atoms with Crippen LogP contribution in [0.5, 0.6) is 5.75 Å².